The second-order valence-corrected chi connectivity index (χ2v) is 5.16. The van der Waals surface area contributed by atoms with Crippen LogP contribution in [0.1, 0.15) is 24.4 Å². The van der Waals surface area contributed by atoms with Gasteiger partial charge in [-0.25, -0.2) is 9.18 Å². The molecule has 2 heterocycles. The molecule has 0 fully saturated rings. The maximum Gasteiger partial charge on any atom is 0.315 e. The molecule has 3 rings (SSSR count). The van der Waals surface area contributed by atoms with Gasteiger partial charge < -0.3 is 10.6 Å². The Morgan fingerprint density at radius 2 is 2.00 bits per heavy atom. The summed E-state index contributed by atoms with van der Waals surface area (Å²) in [4.78, 5) is 12.0. The van der Waals surface area contributed by atoms with Crippen molar-refractivity contribution in [1.29, 1.82) is 0 Å². The van der Waals surface area contributed by atoms with Crippen molar-refractivity contribution in [3.8, 4) is 0 Å². The van der Waals surface area contributed by atoms with Crippen LogP contribution in [0.15, 0.2) is 48.7 Å². The topological polar surface area (TPSA) is 71.3 Å². The van der Waals surface area contributed by atoms with Crippen LogP contribution in [0.3, 0.4) is 0 Å². The van der Waals surface area contributed by atoms with E-state index < -0.39 is 0 Å². The molecule has 0 saturated carbocycles. The molecule has 3 aromatic rings. The van der Waals surface area contributed by atoms with Gasteiger partial charge in [0, 0.05) is 12.7 Å². The Morgan fingerprint density at radius 3 is 2.78 bits per heavy atom. The van der Waals surface area contributed by atoms with Crippen molar-refractivity contribution in [2.75, 3.05) is 0 Å². The van der Waals surface area contributed by atoms with Crippen LogP contribution in [-0.2, 0) is 6.54 Å². The molecule has 0 radical (unpaired) electrons. The van der Waals surface area contributed by atoms with Gasteiger partial charge in [-0.05, 0) is 36.8 Å². The number of pyridine rings is 1. The number of carbonyl (C=O) groups is 1. The Morgan fingerprint density at radius 1 is 1.22 bits per heavy atom. The lowest BCUT2D eigenvalue weighted by molar-refractivity contribution is 0.237. The SMILES string of the molecule is C[C@@H](NC(=O)NCc1ccc(F)cc1)c1nnc2ccccn12. The Bertz CT molecular complexity index is 815. The average Bonchev–Trinajstić information content (AvgIpc) is 2.98. The molecule has 0 unspecified atom stereocenters. The number of nitrogens with zero attached hydrogens (tertiary/aromatic N) is 3. The summed E-state index contributed by atoms with van der Waals surface area (Å²) in [5.74, 6) is 0.350. The first-order valence-corrected chi connectivity index (χ1v) is 7.22. The van der Waals surface area contributed by atoms with E-state index in [1.54, 1.807) is 12.1 Å². The zero-order chi connectivity index (χ0) is 16.2. The summed E-state index contributed by atoms with van der Waals surface area (Å²) in [6.45, 7) is 2.15. The minimum Gasteiger partial charge on any atom is -0.334 e. The molecule has 1 aromatic carbocycles. The van der Waals surface area contributed by atoms with Crippen LogP contribution in [0.5, 0.6) is 0 Å². The summed E-state index contributed by atoms with van der Waals surface area (Å²) < 4.78 is 14.7. The van der Waals surface area contributed by atoms with Gasteiger partial charge in [0.25, 0.3) is 0 Å². The van der Waals surface area contributed by atoms with Crippen LogP contribution in [0, 0.1) is 5.82 Å². The van der Waals surface area contributed by atoms with Gasteiger partial charge >= 0.3 is 6.03 Å². The predicted octanol–water partition coefficient (Wildman–Crippen LogP) is 2.43. The largest absolute Gasteiger partial charge is 0.334 e. The third kappa shape index (κ3) is 3.45. The fraction of sp³-hybridized carbons (Fsp3) is 0.188. The molecule has 0 bridgehead atoms. The molecule has 7 heteroatoms. The number of benzene rings is 1. The van der Waals surface area contributed by atoms with Crippen molar-refractivity contribution in [3.63, 3.8) is 0 Å². The van der Waals surface area contributed by atoms with Crippen LogP contribution in [0.25, 0.3) is 5.65 Å². The summed E-state index contributed by atoms with van der Waals surface area (Å²) in [5, 5.41) is 13.7. The lowest BCUT2D eigenvalue weighted by atomic mass is 10.2. The van der Waals surface area contributed by atoms with Crippen LogP contribution in [0.4, 0.5) is 9.18 Å². The molecule has 0 saturated heterocycles. The van der Waals surface area contributed by atoms with Gasteiger partial charge in [-0.1, -0.05) is 18.2 Å². The van der Waals surface area contributed by atoms with Crippen molar-refractivity contribution >= 4 is 11.7 Å². The smallest absolute Gasteiger partial charge is 0.315 e. The summed E-state index contributed by atoms with van der Waals surface area (Å²) >= 11 is 0. The molecule has 0 aliphatic carbocycles. The molecule has 2 N–H and O–H groups in total. The third-order valence-corrected chi connectivity index (χ3v) is 3.44. The number of aromatic nitrogens is 3. The van der Waals surface area contributed by atoms with E-state index in [1.165, 1.54) is 12.1 Å². The fourth-order valence-electron chi connectivity index (χ4n) is 2.25. The van der Waals surface area contributed by atoms with Crippen molar-refractivity contribution in [1.82, 2.24) is 25.2 Å². The first kappa shape index (κ1) is 15.0. The lowest BCUT2D eigenvalue weighted by Crippen LogP contribution is -2.37. The van der Waals surface area contributed by atoms with E-state index in [9.17, 15) is 9.18 Å². The van der Waals surface area contributed by atoms with Crippen LogP contribution < -0.4 is 10.6 Å². The van der Waals surface area contributed by atoms with Gasteiger partial charge in [-0.3, -0.25) is 4.40 Å². The quantitative estimate of drug-likeness (QED) is 0.777. The van der Waals surface area contributed by atoms with Gasteiger partial charge in [0.15, 0.2) is 11.5 Å². The molecule has 23 heavy (non-hydrogen) atoms. The minimum atomic E-state index is -0.325. The van der Waals surface area contributed by atoms with E-state index in [1.807, 2.05) is 35.7 Å². The van der Waals surface area contributed by atoms with Gasteiger partial charge in [-0.2, -0.15) is 0 Å². The van der Waals surface area contributed by atoms with E-state index in [4.69, 9.17) is 0 Å². The molecule has 6 nitrogen and oxygen atoms in total. The maximum atomic E-state index is 12.8. The number of amides is 2. The second-order valence-electron chi connectivity index (χ2n) is 5.16. The summed E-state index contributed by atoms with van der Waals surface area (Å²) in [5.41, 5.74) is 1.55. The number of hydrogen-bond donors (Lipinski definition) is 2. The number of urea groups is 1. The Kier molecular flexibility index (Phi) is 4.18. The molecule has 118 valence electrons. The minimum absolute atomic E-state index is 0.300. The van der Waals surface area contributed by atoms with Crippen molar-refractivity contribution in [2.45, 2.75) is 19.5 Å². The molecule has 1 atom stereocenters. The van der Waals surface area contributed by atoms with Crippen molar-refractivity contribution < 1.29 is 9.18 Å². The van der Waals surface area contributed by atoms with Gasteiger partial charge in [0.05, 0.1) is 6.04 Å². The molecule has 0 aliphatic rings. The van der Waals surface area contributed by atoms with E-state index in [0.29, 0.717) is 12.4 Å². The fourth-order valence-corrected chi connectivity index (χ4v) is 2.25. The zero-order valence-corrected chi connectivity index (χ0v) is 12.5. The predicted molar refractivity (Wildman–Crippen MR) is 83.2 cm³/mol. The normalized spacial score (nSPS) is 12.1. The molecule has 0 aliphatic heterocycles. The van der Waals surface area contributed by atoms with Crippen molar-refractivity contribution in [2.24, 2.45) is 0 Å². The number of rotatable bonds is 4. The molecule has 2 aromatic heterocycles. The van der Waals surface area contributed by atoms with E-state index in [0.717, 1.165) is 11.2 Å². The first-order valence-electron chi connectivity index (χ1n) is 7.22. The highest BCUT2D eigenvalue weighted by Gasteiger charge is 2.15. The number of carbonyl (C=O) groups excluding carboxylic acids is 1. The average molecular weight is 313 g/mol. The number of hydrogen-bond acceptors (Lipinski definition) is 3. The summed E-state index contributed by atoms with van der Waals surface area (Å²) in [7, 11) is 0. The third-order valence-electron chi connectivity index (χ3n) is 3.44. The van der Waals surface area contributed by atoms with E-state index in [-0.39, 0.29) is 17.9 Å². The maximum absolute atomic E-state index is 12.8. The lowest BCUT2D eigenvalue weighted by Gasteiger charge is -2.13. The molecule has 2 amide bonds. The van der Waals surface area contributed by atoms with Gasteiger partial charge in [0.2, 0.25) is 0 Å². The Balaban J connectivity index is 1.60. The second kappa shape index (κ2) is 6.43. The Hall–Kier alpha value is -2.96. The highest BCUT2D eigenvalue weighted by molar-refractivity contribution is 5.74. The van der Waals surface area contributed by atoms with Crippen LogP contribution >= 0.6 is 0 Å². The summed E-state index contributed by atoms with van der Waals surface area (Å²) in [6.07, 6.45) is 1.85. The monoisotopic (exact) mass is 313 g/mol. The zero-order valence-electron chi connectivity index (χ0n) is 12.5. The number of halogens is 1. The number of fused-ring (bicyclic) bond motifs is 1. The number of nitrogens with one attached hydrogen (secondary N) is 2. The van der Waals surface area contributed by atoms with Gasteiger partial charge in [-0.15, -0.1) is 10.2 Å². The molecular weight excluding hydrogens is 297 g/mol. The standard InChI is InChI=1S/C16H16FN5O/c1-11(15-21-20-14-4-2-3-9-22(14)15)19-16(23)18-10-12-5-7-13(17)8-6-12/h2-9,11H,10H2,1H3,(H2,18,19,23)/t11-/m1/s1. The first-order chi connectivity index (χ1) is 11.1. The van der Waals surface area contributed by atoms with Gasteiger partial charge in [0.1, 0.15) is 5.82 Å². The van der Waals surface area contributed by atoms with E-state index in [2.05, 4.69) is 20.8 Å². The molecular formula is C16H16FN5O. The highest BCUT2D eigenvalue weighted by Crippen LogP contribution is 2.11. The Labute approximate surface area is 132 Å². The van der Waals surface area contributed by atoms with Crippen LogP contribution in [-0.4, -0.2) is 20.6 Å². The van der Waals surface area contributed by atoms with Crippen LogP contribution in [0.2, 0.25) is 0 Å². The van der Waals surface area contributed by atoms with Crippen molar-refractivity contribution in [3.05, 3.63) is 65.9 Å². The van der Waals surface area contributed by atoms with E-state index >= 15 is 0 Å². The molecule has 0 spiro atoms. The summed E-state index contributed by atoms with van der Waals surface area (Å²) in [6, 6.07) is 11.0. The highest BCUT2D eigenvalue weighted by atomic mass is 19.1.